The van der Waals surface area contributed by atoms with E-state index in [4.69, 9.17) is 0 Å². The summed E-state index contributed by atoms with van der Waals surface area (Å²) in [6.07, 6.45) is 29.4. The number of nitrogens with zero attached hydrogens (tertiary/aromatic N) is 26. The van der Waals surface area contributed by atoms with Crippen molar-refractivity contribution in [1.29, 1.82) is 5.26 Å². The van der Waals surface area contributed by atoms with Gasteiger partial charge in [-0.3, -0.25) is 52.1 Å². The number of hydrogen-bond acceptors (Lipinski definition) is 27. The second-order valence-electron chi connectivity index (χ2n) is 39.3. The second kappa shape index (κ2) is 44.6. The predicted molar refractivity (Wildman–Crippen MR) is 522 cm³/mol. The fourth-order valence-corrected chi connectivity index (χ4v) is 20.9. The number of nitriles is 1. The Labute approximate surface area is 848 Å². The average molecular weight is 2070 g/mol. The van der Waals surface area contributed by atoms with E-state index in [0.717, 1.165) is 177 Å². The van der Waals surface area contributed by atoms with E-state index in [9.17, 15) is 81.9 Å². The third-order valence-corrected chi connectivity index (χ3v) is 28.2. The molecule has 1 aliphatic carbocycles. The smallest absolute Gasteiger partial charge is 0.333 e. The van der Waals surface area contributed by atoms with Gasteiger partial charge in [-0.25, -0.2) is 49.8 Å². The zero-order chi connectivity index (χ0) is 106. The Balaban J connectivity index is 0.000000127. The van der Waals surface area contributed by atoms with Crippen LogP contribution in [0.1, 0.15) is 196 Å². The molecule has 5 amide bonds. The lowest BCUT2D eigenvalue weighted by molar-refractivity contribution is -0.324. The summed E-state index contributed by atoms with van der Waals surface area (Å²) in [5.41, 5.74) is 12.7. The highest BCUT2D eigenvalue weighted by Crippen LogP contribution is 2.51. The molecule has 20 heterocycles. The lowest BCUT2D eigenvalue weighted by Gasteiger charge is -2.35. The van der Waals surface area contributed by atoms with Crippen molar-refractivity contribution < 1.29 is 81.4 Å². The number of aromatic nitrogens is 20. The van der Waals surface area contributed by atoms with Gasteiger partial charge in [0.25, 0.3) is 0 Å². The van der Waals surface area contributed by atoms with Crippen LogP contribution in [0.4, 0.5) is 111 Å². The van der Waals surface area contributed by atoms with Gasteiger partial charge in [0.05, 0.1) is 154 Å². The Hall–Kier alpha value is -14.9. The molecule has 10 bridgehead atoms. The number of carbonyl (C=O) groups is 5. The molecule has 37 nitrogen and oxygen atoms in total. The zero-order valence-corrected chi connectivity index (χ0v) is 82.7. The van der Waals surface area contributed by atoms with E-state index in [1.165, 1.54) is 5.57 Å². The minimum Gasteiger partial charge on any atom is -0.333 e. The first-order valence-corrected chi connectivity index (χ1v) is 49.4. The molecule has 11 aliphatic rings. The van der Waals surface area contributed by atoms with Crippen LogP contribution in [0.15, 0.2) is 154 Å². The Morgan fingerprint density at radius 3 is 0.859 bits per heavy atom. The molecule has 0 radical (unpaired) electrons. The van der Waals surface area contributed by atoms with Gasteiger partial charge in [0.1, 0.15) is 0 Å². The minimum absolute atomic E-state index is 0.0331. The maximum Gasteiger partial charge on any atom is 0.522 e. The summed E-state index contributed by atoms with van der Waals surface area (Å²) in [5.74, 6) is -2.25. The maximum absolute atomic E-state index is 12.9. The van der Waals surface area contributed by atoms with E-state index in [2.05, 4.69) is 119 Å². The Kier molecular flexibility index (Phi) is 31.6. The van der Waals surface area contributed by atoms with E-state index in [1.807, 2.05) is 118 Å². The van der Waals surface area contributed by atoms with E-state index >= 15 is 0 Å². The first kappa shape index (κ1) is 105. The Morgan fingerprint density at radius 2 is 0.638 bits per heavy atom. The average Bonchev–Trinajstić information content (AvgIpc) is 1.67. The highest BCUT2D eigenvalue weighted by molar-refractivity contribution is 5.85. The van der Waals surface area contributed by atoms with Crippen molar-refractivity contribution in [3.63, 3.8) is 0 Å². The van der Waals surface area contributed by atoms with Crippen LogP contribution in [0.5, 0.6) is 0 Å². The summed E-state index contributed by atoms with van der Waals surface area (Å²) in [6, 6.07) is 11.0. The van der Waals surface area contributed by atoms with Crippen LogP contribution in [0.25, 0.3) is 27.9 Å². The number of ether oxygens (including phenoxy) is 1. The summed E-state index contributed by atoms with van der Waals surface area (Å²) in [5, 5.41) is 45.4. The fourth-order valence-electron chi connectivity index (χ4n) is 20.9. The molecule has 0 spiro atoms. The number of nitrogens with one attached hydrogen (secondary N) is 5. The van der Waals surface area contributed by atoms with Crippen LogP contribution in [0.3, 0.4) is 0 Å². The van der Waals surface area contributed by atoms with Gasteiger partial charge in [0.15, 0.2) is 0 Å². The van der Waals surface area contributed by atoms with Crippen LogP contribution in [0.2, 0.25) is 0 Å². The molecule has 788 valence electrons. The number of halogens is 12. The summed E-state index contributed by atoms with van der Waals surface area (Å²) in [7, 11) is 9.12. The standard InChI is InChI=1S/C21H23N7O.C20H23F3N6O2.2C20H23F3N6O.C19H21F3N6O/c1-27-12-15(11-24-27)25-20-23-7-4-18(26-20)14-8-16-2-3-17(9-14)28(16)19(29)10-21(13-22)5-6-21;1-28-12-14(11-25-28)26-19-24-7-6-17(27-19)13-9-15-4-5-16(10-13)29(15)18(30)3-2-8-31-20(21,22)23;2*1-12(20(21,22)23)7-18(30)29-15-3-4-16(29)9-13(8-15)17-5-6-24-19(27-17)26-14-10-25-28(2)11-14;1-27-11-13(10-24-27)25-18-23-7-5-16(26-18)12-8-14-2-3-15(9-12)28(14)17(29)4-6-19(20,21)22/h4,7-8,11-12,16-17H,2-3,5-6,9-10H2,1H3,(H,23,25,26);6-7,9,11-12,15-16H,2-5,8,10H2,1H3,(H,24,26,27);2*5-6,8,10-12,15-16H,3-4,7,9H2,1-2H3,(H,24,26,27);5,7-8,10-11,14-15H,2-4,6,9H2,1H3,(H,23,25,26)/t;;2*12-,15?,16?;/m..10./s1. The summed E-state index contributed by atoms with van der Waals surface area (Å²) in [6.45, 7) is 1.61. The van der Waals surface area contributed by atoms with Gasteiger partial charge in [0.2, 0.25) is 59.3 Å². The normalized spacial score (nSPS) is 22.0. The highest BCUT2D eigenvalue weighted by atomic mass is 19.4. The Bertz CT molecular complexity index is 6550. The quantitative estimate of drug-likeness (QED) is 0.0236. The van der Waals surface area contributed by atoms with Crippen molar-refractivity contribution in [2.24, 2.45) is 52.5 Å². The van der Waals surface area contributed by atoms with E-state index in [0.29, 0.717) is 61.8 Å². The molecule has 5 N–H and O–H groups in total. The number of rotatable bonds is 27. The number of anilines is 10. The van der Waals surface area contributed by atoms with Gasteiger partial charge < -0.3 is 51.1 Å². The predicted octanol–water partition coefficient (Wildman–Crippen LogP) is 17.0. The van der Waals surface area contributed by atoms with Crippen molar-refractivity contribution in [2.75, 3.05) is 33.2 Å². The molecule has 10 aromatic rings. The van der Waals surface area contributed by atoms with Crippen molar-refractivity contribution in [3.05, 3.63) is 182 Å². The van der Waals surface area contributed by atoms with Crippen molar-refractivity contribution in [2.45, 2.75) is 253 Å². The molecule has 0 aromatic carbocycles. The monoisotopic (exact) mass is 2070 g/mol. The maximum atomic E-state index is 12.9. The van der Waals surface area contributed by atoms with Gasteiger partial charge in [-0.15, -0.1) is 13.2 Å². The third-order valence-electron chi connectivity index (χ3n) is 28.2. The largest absolute Gasteiger partial charge is 0.522 e. The van der Waals surface area contributed by atoms with Crippen LogP contribution in [-0.2, 0) is 63.9 Å². The van der Waals surface area contributed by atoms with Crippen LogP contribution < -0.4 is 26.6 Å². The van der Waals surface area contributed by atoms with Crippen LogP contribution in [0, 0.1) is 28.6 Å². The molecule has 21 rings (SSSR count). The van der Waals surface area contributed by atoms with Gasteiger partial charge in [-0.05, 0) is 174 Å². The lowest BCUT2D eigenvalue weighted by Crippen LogP contribution is -2.44. The topological polar surface area (TPSA) is 413 Å². The van der Waals surface area contributed by atoms with Crippen LogP contribution in [-0.4, -0.2) is 245 Å². The molecule has 10 aromatic heterocycles. The van der Waals surface area contributed by atoms with Gasteiger partial charge in [-0.1, -0.05) is 44.2 Å². The molecular formula is C100H113F12N31O6. The molecule has 12 atom stereocenters. The Morgan fingerprint density at radius 1 is 0.383 bits per heavy atom. The molecule has 5 saturated heterocycles. The molecule has 10 aliphatic heterocycles. The molecule has 1 saturated carbocycles. The van der Waals surface area contributed by atoms with Gasteiger partial charge in [-0.2, -0.15) is 70.3 Å². The number of alkyl halides is 12. The minimum atomic E-state index is -4.66. The number of aryl methyl sites for hydroxylation is 5. The van der Waals surface area contributed by atoms with Crippen molar-refractivity contribution in [3.8, 4) is 6.07 Å². The van der Waals surface area contributed by atoms with E-state index in [1.54, 1.807) is 112 Å². The summed E-state index contributed by atoms with van der Waals surface area (Å²) >= 11 is 0. The van der Waals surface area contributed by atoms with Gasteiger partial charge >= 0.3 is 24.9 Å². The summed E-state index contributed by atoms with van der Waals surface area (Å²) in [4.78, 5) is 116. The SMILES string of the molecule is C[C@@H](CC(=O)N1C2C=C(c3ccnc(Nc4cnn(C)c4)n3)CC1CC2)C(F)(F)F.C[C@H](CC(=O)N1C2C=C(c3ccnc(Nc4cnn(C)c4)n3)CC1CC2)C(F)(F)F.Cn1cc(Nc2nccc(C3=CC4CCC(C3)N4C(=O)CC3(C#N)CC3)n2)cn1.Cn1cc(Nc2nccc(C3=CC4CCC(C3)N4C(=O)CCC(F)(F)F)n2)cn1.Cn1cc(Nc2nccc(C3=CC4CCC(C3)N4C(=O)CCCOC(F)(F)F)n2)cn1. The van der Waals surface area contributed by atoms with Crippen molar-refractivity contribution >= 4 is 116 Å². The molecule has 49 heteroatoms. The highest BCUT2D eigenvalue weighted by Gasteiger charge is 2.51. The molecule has 149 heavy (non-hydrogen) atoms. The number of carbonyl (C=O) groups excluding carboxylic acids is 5. The number of amides is 5. The lowest BCUT2D eigenvalue weighted by atomic mass is 9.96. The number of fused-ring (bicyclic) bond motifs is 10. The first-order chi connectivity index (χ1) is 71.0. The summed E-state index contributed by atoms with van der Waals surface area (Å²) < 4.78 is 163. The molecule has 10 unspecified atom stereocenters. The number of hydrogen-bond donors (Lipinski definition) is 5. The molecular weight excluding hydrogens is 1960 g/mol. The van der Waals surface area contributed by atoms with E-state index in [-0.39, 0.29) is 90.5 Å². The second-order valence-corrected chi connectivity index (χ2v) is 39.3. The van der Waals surface area contributed by atoms with Crippen LogP contribution >= 0.6 is 0 Å². The van der Waals surface area contributed by atoms with E-state index < -0.39 is 86.7 Å². The fraction of sp³-hybridized carbons (Fsp3) is 0.490. The third kappa shape index (κ3) is 26.8. The molecule has 6 fully saturated rings. The first-order valence-electron chi connectivity index (χ1n) is 49.4. The van der Waals surface area contributed by atoms with Gasteiger partial charge in [0, 0.05) is 160 Å². The van der Waals surface area contributed by atoms with Crippen molar-refractivity contribution in [1.82, 2.24) is 123 Å². The zero-order valence-electron chi connectivity index (χ0n) is 82.7.